The van der Waals surface area contributed by atoms with Gasteiger partial charge >= 0.3 is 6.01 Å². The lowest BCUT2D eigenvalue weighted by Gasteiger charge is -2.27. The fourth-order valence-corrected chi connectivity index (χ4v) is 3.86. The van der Waals surface area contributed by atoms with Gasteiger partial charge in [-0.1, -0.05) is 41.9 Å². The molecule has 2 aromatic heterocycles. The van der Waals surface area contributed by atoms with E-state index in [1.807, 2.05) is 49.4 Å². The predicted molar refractivity (Wildman–Crippen MR) is 128 cm³/mol. The number of guanidine groups is 1. The van der Waals surface area contributed by atoms with Gasteiger partial charge in [0.1, 0.15) is 11.6 Å². The smallest absolute Gasteiger partial charge is 0.302 e. The van der Waals surface area contributed by atoms with Crippen LogP contribution in [0.25, 0.3) is 11.1 Å². The van der Waals surface area contributed by atoms with E-state index in [-0.39, 0.29) is 11.9 Å². The Morgan fingerprint density at radius 1 is 1.09 bits per heavy atom. The Balaban J connectivity index is 1.50. The van der Waals surface area contributed by atoms with E-state index in [1.165, 1.54) is 0 Å². The predicted octanol–water partition coefficient (Wildman–Crippen LogP) is 4.90. The van der Waals surface area contributed by atoms with E-state index in [0.717, 1.165) is 5.52 Å². The molecule has 5 rings (SSSR count). The van der Waals surface area contributed by atoms with Crippen LogP contribution in [0.3, 0.4) is 0 Å². The normalized spacial score (nSPS) is 15.7. The number of aliphatic imine (C=N–C) groups is 1. The van der Waals surface area contributed by atoms with E-state index in [9.17, 15) is 4.79 Å². The van der Waals surface area contributed by atoms with Crippen LogP contribution < -0.4 is 16.0 Å². The highest BCUT2D eigenvalue weighted by molar-refractivity contribution is 6.31. The van der Waals surface area contributed by atoms with Crippen LogP contribution in [0.15, 0.2) is 93.7 Å². The third-order valence-corrected chi connectivity index (χ3v) is 5.47. The van der Waals surface area contributed by atoms with Crippen LogP contribution in [-0.2, 0) is 4.79 Å². The van der Waals surface area contributed by atoms with Crippen molar-refractivity contribution in [2.75, 3.05) is 10.6 Å². The highest BCUT2D eigenvalue weighted by atomic mass is 35.5. The van der Waals surface area contributed by atoms with Crippen molar-refractivity contribution in [1.29, 1.82) is 0 Å². The number of aromatic nitrogens is 2. The van der Waals surface area contributed by atoms with Gasteiger partial charge in [0.25, 0.3) is 5.91 Å². The molecular formula is C24H19ClN6O2. The van der Waals surface area contributed by atoms with E-state index < -0.39 is 6.04 Å². The van der Waals surface area contributed by atoms with E-state index in [2.05, 4.69) is 25.9 Å². The zero-order valence-electron chi connectivity index (χ0n) is 17.5. The number of nitrogens with zero attached hydrogens (tertiary/aromatic N) is 3. The lowest BCUT2D eigenvalue weighted by atomic mass is 9.95. The van der Waals surface area contributed by atoms with Gasteiger partial charge in [-0.2, -0.15) is 4.98 Å². The molecule has 1 aliphatic heterocycles. The first-order valence-corrected chi connectivity index (χ1v) is 10.6. The molecule has 0 bridgehead atoms. The number of carbonyl (C=O) groups is 1. The van der Waals surface area contributed by atoms with Crippen LogP contribution in [0.2, 0.25) is 5.02 Å². The number of anilines is 2. The maximum atomic E-state index is 13.3. The Bertz CT molecular complexity index is 1360. The van der Waals surface area contributed by atoms with Gasteiger partial charge < -0.3 is 15.1 Å². The summed E-state index contributed by atoms with van der Waals surface area (Å²) in [5.74, 6) is 0.0875. The molecule has 0 saturated heterocycles. The molecule has 0 saturated carbocycles. The first kappa shape index (κ1) is 20.7. The number of fused-ring (bicyclic) bond motifs is 1. The topological polar surface area (TPSA) is 104 Å². The number of oxazole rings is 1. The summed E-state index contributed by atoms with van der Waals surface area (Å²) in [4.78, 5) is 26.5. The second kappa shape index (κ2) is 8.76. The fourth-order valence-electron chi connectivity index (χ4n) is 3.62. The standard InChI is InChI=1S/C24H19ClN6O2/c1-14-20(22(32)28-15-7-6-12-26-13-15)21(16-8-2-3-9-17(16)25)30-23(27-14)31-24-29-18-10-4-5-11-19(18)33-24/h2-13,21H,1H3,(H,28,32)(H2,27,29,30,31). The Kier molecular flexibility index (Phi) is 5.50. The average molecular weight is 459 g/mol. The summed E-state index contributed by atoms with van der Waals surface area (Å²) >= 11 is 6.49. The Morgan fingerprint density at radius 3 is 2.70 bits per heavy atom. The SMILES string of the molecule is CC1=C(C(=O)Nc2cccnc2)C(c2ccccc2Cl)N=C(Nc2nc3ccccc3o2)N1. The summed E-state index contributed by atoms with van der Waals surface area (Å²) in [6.45, 7) is 1.81. The molecule has 3 N–H and O–H groups in total. The molecule has 33 heavy (non-hydrogen) atoms. The summed E-state index contributed by atoms with van der Waals surface area (Å²) in [7, 11) is 0. The van der Waals surface area contributed by atoms with E-state index in [4.69, 9.17) is 21.0 Å². The number of carbonyl (C=O) groups excluding carboxylic acids is 1. The first-order valence-electron chi connectivity index (χ1n) is 10.2. The molecule has 2 aromatic carbocycles. The molecule has 8 nitrogen and oxygen atoms in total. The van der Waals surface area contributed by atoms with Gasteiger partial charge in [0.15, 0.2) is 5.58 Å². The average Bonchev–Trinajstić information content (AvgIpc) is 3.22. The van der Waals surface area contributed by atoms with Gasteiger partial charge in [-0.3, -0.25) is 15.1 Å². The highest BCUT2D eigenvalue weighted by Gasteiger charge is 2.31. The number of halogens is 1. The molecule has 1 amide bonds. The van der Waals surface area contributed by atoms with Crippen molar-refractivity contribution in [3.8, 4) is 0 Å². The fraction of sp³-hybridized carbons (Fsp3) is 0.0833. The Hall–Kier alpha value is -4.17. The third kappa shape index (κ3) is 4.28. The molecule has 9 heteroatoms. The Labute approximate surface area is 194 Å². The number of pyridine rings is 1. The van der Waals surface area contributed by atoms with Crippen molar-refractivity contribution >= 4 is 46.3 Å². The van der Waals surface area contributed by atoms with E-state index >= 15 is 0 Å². The number of rotatable bonds is 4. The summed E-state index contributed by atoms with van der Waals surface area (Å²) < 4.78 is 5.75. The van der Waals surface area contributed by atoms with Crippen molar-refractivity contribution in [3.05, 3.63) is 94.9 Å². The summed E-state index contributed by atoms with van der Waals surface area (Å²) in [6, 6.07) is 17.9. The number of benzene rings is 2. The van der Waals surface area contributed by atoms with Crippen LogP contribution in [-0.4, -0.2) is 21.8 Å². The number of hydrogen-bond acceptors (Lipinski definition) is 7. The number of nitrogens with one attached hydrogen (secondary N) is 3. The van der Waals surface area contributed by atoms with Gasteiger partial charge in [-0.25, -0.2) is 4.99 Å². The van der Waals surface area contributed by atoms with Crippen LogP contribution in [0.5, 0.6) is 0 Å². The lowest BCUT2D eigenvalue weighted by Crippen LogP contribution is -2.37. The largest absolute Gasteiger partial charge is 0.423 e. The molecule has 1 atom stereocenters. The van der Waals surface area contributed by atoms with Gasteiger partial charge in [0, 0.05) is 22.5 Å². The highest BCUT2D eigenvalue weighted by Crippen LogP contribution is 2.35. The third-order valence-electron chi connectivity index (χ3n) is 5.12. The number of allylic oxidation sites excluding steroid dienone is 1. The monoisotopic (exact) mass is 458 g/mol. The quantitative estimate of drug-likeness (QED) is 0.401. The maximum absolute atomic E-state index is 13.3. The van der Waals surface area contributed by atoms with Crippen molar-refractivity contribution in [3.63, 3.8) is 0 Å². The van der Waals surface area contributed by atoms with Crippen molar-refractivity contribution in [1.82, 2.24) is 15.3 Å². The summed E-state index contributed by atoms with van der Waals surface area (Å²) in [6.07, 6.45) is 3.22. The van der Waals surface area contributed by atoms with Gasteiger partial charge in [0.2, 0.25) is 5.96 Å². The lowest BCUT2D eigenvalue weighted by molar-refractivity contribution is -0.113. The molecule has 4 aromatic rings. The maximum Gasteiger partial charge on any atom is 0.302 e. The molecule has 0 radical (unpaired) electrons. The summed E-state index contributed by atoms with van der Waals surface area (Å²) in [5.41, 5.74) is 3.73. The molecular weight excluding hydrogens is 440 g/mol. The van der Waals surface area contributed by atoms with Crippen LogP contribution in [0.4, 0.5) is 11.7 Å². The van der Waals surface area contributed by atoms with Crippen LogP contribution in [0.1, 0.15) is 18.5 Å². The van der Waals surface area contributed by atoms with E-state index in [0.29, 0.717) is 39.1 Å². The van der Waals surface area contributed by atoms with Gasteiger partial charge in [-0.05, 0) is 37.3 Å². The Morgan fingerprint density at radius 2 is 1.91 bits per heavy atom. The first-order chi connectivity index (χ1) is 16.1. The minimum absolute atomic E-state index is 0.288. The van der Waals surface area contributed by atoms with Crippen molar-refractivity contribution < 1.29 is 9.21 Å². The second-order valence-electron chi connectivity index (χ2n) is 7.37. The molecule has 3 heterocycles. The molecule has 1 aliphatic rings. The molecule has 164 valence electrons. The van der Waals surface area contributed by atoms with Crippen LogP contribution in [0, 0.1) is 0 Å². The van der Waals surface area contributed by atoms with Crippen LogP contribution >= 0.6 is 11.6 Å². The summed E-state index contributed by atoms with van der Waals surface area (Å²) in [5, 5.41) is 9.60. The van der Waals surface area contributed by atoms with Crippen molar-refractivity contribution in [2.24, 2.45) is 4.99 Å². The molecule has 0 aliphatic carbocycles. The minimum atomic E-state index is -0.650. The molecule has 0 fully saturated rings. The second-order valence-corrected chi connectivity index (χ2v) is 7.78. The minimum Gasteiger partial charge on any atom is -0.423 e. The van der Waals surface area contributed by atoms with Gasteiger partial charge in [-0.15, -0.1) is 0 Å². The van der Waals surface area contributed by atoms with Crippen molar-refractivity contribution in [2.45, 2.75) is 13.0 Å². The van der Waals surface area contributed by atoms with Gasteiger partial charge in [0.05, 0.1) is 17.5 Å². The number of para-hydroxylation sites is 2. The number of amides is 1. The number of hydrogen-bond donors (Lipinski definition) is 3. The zero-order chi connectivity index (χ0) is 22.8. The molecule has 1 unspecified atom stereocenters. The molecule has 0 spiro atoms. The van der Waals surface area contributed by atoms with E-state index in [1.54, 1.807) is 30.6 Å². The zero-order valence-corrected chi connectivity index (χ0v) is 18.3.